The lowest BCUT2D eigenvalue weighted by Gasteiger charge is -2.52. The lowest BCUT2D eigenvalue weighted by Crippen LogP contribution is -2.72. The summed E-state index contributed by atoms with van der Waals surface area (Å²) in [6.45, 7) is 4.58. The van der Waals surface area contributed by atoms with Crippen LogP contribution in [0.3, 0.4) is 0 Å². The molecule has 2 fully saturated rings. The molecule has 1 aliphatic heterocycles. The van der Waals surface area contributed by atoms with Gasteiger partial charge in [0.25, 0.3) is 0 Å². The molecule has 2 rings (SSSR count). The Hall–Kier alpha value is -0.610. The van der Waals surface area contributed by atoms with Crippen LogP contribution in [0, 0.1) is 11.8 Å². The summed E-state index contributed by atoms with van der Waals surface area (Å²) in [6.07, 6.45) is 2.40. The first kappa shape index (κ1) is 10.9. The standard InChI is InChI=1S/C11H20N2O2/c1-6(2)11(14)13-9-8(12)7-4-3-5-15-10(7)9/h6-10H,3-5,12H2,1-2H3,(H,13,14). The van der Waals surface area contributed by atoms with Crippen molar-refractivity contribution in [2.24, 2.45) is 17.6 Å². The molecule has 4 atom stereocenters. The molecule has 0 spiro atoms. The Morgan fingerprint density at radius 2 is 2.27 bits per heavy atom. The topological polar surface area (TPSA) is 64.4 Å². The molecule has 1 saturated heterocycles. The van der Waals surface area contributed by atoms with Crippen LogP contribution in [0.25, 0.3) is 0 Å². The monoisotopic (exact) mass is 212 g/mol. The van der Waals surface area contributed by atoms with Crippen LogP contribution in [0.15, 0.2) is 0 Å². The van der Waals surface area contributed by atoms with Gasteiger partial charge in [-0.3, -0.25) is 4.79 Å². The molecule has 0 aromatic heterocycles. The van der Waals surface area contributed by atoms with Gasteiger partial charge in [-0.15, -0.1) is 0 Å². The number of nitrogens with one attached hydrogen (secondary N) is 1. The van der Waals surface area contributed by atoms with Gasteiger partial charge >= 0.3 is 0 Å². The Bertz CT molecular complexity index is 255. The molecule has 1 heterocycles. The van der Waals surface area contributed by atoms with E-state index in [1.165, 1.54) is 0 Å². The Kier molecular flexibility index (Phi) is 2.98. The third-order valence-electron chi connectivity index (χ3n) is 3.51. The fourth-order valence-electron chi connectivity index (χ4n) is 2.46. The molecule has 0 aromatic carbocycles. The third kappa shape index (κ3) is 1.88. The van der Waals surface area contributed by atoms with Crippen molar-refractivity contribution in [2.45, 2.75) is 44.9 Å². The smallest absolute Gasteiger partial charge is 0.222 e. The van der Waals surface area contributed by atoms with Crippen molar-refractivity contribution in [3.63, 3.8) is 0 Å². The van der Waals surface area contributed by atoms with Gasteiger partial charge in [-0.05, 0) is 12.8 Å². The molecule has 4 unspecified atom stereocenters. The van der Waals surface area contributed by atoms with Crippen molar-refractivity contribution in [1.82, 2.24) is 5.32 Å². The van der Waals surface area contributed by atoms with E-state index in [0.717, 1.165) is 19.4 Å². The van der Waals surface area contributed by atoms with E-state index < -0.39 is 0 Å². The minimum Gasteiger partial charge on any atom is -0.376 e. The summed E-state index contributed by atoms with van der Waals surface area (Å²) in [6, 6.07) is 0.114. The second-order valence-corrected chi connectivity index (χ2v) is 4.91. The largest absolute Gasteiger partial charge is 0.376 e. The SMILES string of the molecule is CC(C)C(=O)NC1C(N)C2CCCOC21. The third-order valence-corrected chi connectivity index (χ3v) is 3.51. The summed E-state index contributed by atoms with van der Waals surface area (Å²) in [5, 5.41) is 2.98. The van der Waals surface area contributed by atoms with Gasteiger partial charge in [-0.2, -0.15) is 0 Å². The van der Waals surface area contributed by atoms with Crippen LogP contribution in [0.4, 0.5) is 0 Å². The van der Waals surface area contributed by atoms with Crippen LogP contribution < -0.4 is 11.1 Å². The lowest BCUT2D eigenvalue weighted by molar-refractivity contribution is -0.141. The lowest BCUT2D eigenvalue weighted by atomic mass is 9.68. The number of nitrogens with two attached hydrogens (primary N) is 1. The van der Waals surface area contributed by atoms with Crippen LogP contribution in [0.5, 0.6) is 0 Å². The quantitative estimate of drug-likeness (QED) is 0.690. The molecule has 0 aromatic rings. The van der Waals surface area contributed by atoms with E-state index >= 15 is 0 Å². The highest BCUT2D eigenvalue weighted by Gasteiger charge is 2.51. The maximum Gasteiger partial charge on any atom is 0.222 e. The molecule has 2 aliphatic rings. The van der Waals surface area contributed by atoms with Crippen LogP contribution in [0.2, 0.25) is 0 Å². The molecular weight excluding hydrogens is 192 g/mol. The van der Waals surface area contributed by atoms with Gasteiger partial charge < -0.3 is 15.8 Å². The van der Waals surface area contributed by atoms with E-state index in [1.807, 2.05) is 13.8 Å². The number of hydrogen-bond donors (Lipinski definition) is 2. The Balaban J connectivity index is 1.91. The van der Waals surface area contributed by atoms with Crippen LogP contribution in [-0.4, -0.2) is 30.7 Å². The second-order valence-electron chi connectivity index (χ2n) is 4.91. The van der Waals surface area contributed by atoms with E-state index in [9.17, 15) is 4.79 Å². The molecule has 3 N–H and O–H groups in total. The van der Waals surface area contributed by atoms with Crippen molar-refractivity contribution in [2.75, 3.05) is 6.61 Å². The van der Waals surface area contributed by atoms with Crippen LogP contribution >= 0.6 is 0 Å². The molecule has 86 valence electrons. The molecule has 4 nitrogen and oxygen atoms in total. The van der Waals surface area contributed by atoms with Gasteiger partial charge in [0.15, 0.2) is 0 Å². The number of carbonyl (C=O) groups is 1. The first-order valence-electron chi connectivity index (χ1n) is 5.79. The van der Waals surface area contributed by atoms with E-state index in [2.05, 4.69) is 5.32 Å². The molecule has 0 bridgehead atoms. The molecule has 1 saturated carbocycles. The number of fused-ring (bicyclic) bond motifs is 1. The predicted molar refractivity (Wildman–Crippen MR) is 57.2 cm³/mol. The minimum absolute atomic E-state index is 0.0137. The molecular formula is C11H20N2O2. The molecule has 4 heteroatoms. The normalized spacial score (nSPS) is 39.5. The highest BCUT2D eigenvalue weighted by Crippen LogP contribution is 2.36. The Morgan fingerprint density at radius 3 is 2.93 bits per heavy atom. The van der Waals surface area contributed by atoms with Crippen molar-refractivity contribution in [3.05, 3.63) is 0 Å². The average Bonchev–Trinajstić information content (AvgIpc) is 2.24. The van der Waals surface area contributed by atoms with Gasteiger partial charge in [0.05, 0.1) is 12.1 Å². The molecule has 0 radical (unpaired) electrons. The number of ether oxygens (including phenoxy) is 1. The number of hydrogen-bond acceptors (Lipinski definition) is 3. The average molecular weight is 212 g/mol. The van der Waals surface area contributed by atoms with Crippen molar-refractivity contribution >= 4 is 5.91 Å². The zero-order valence-electron chi connectivity index (χ0n) is 9.40. The summed E-state index contributed by atoms with van der Waals surface area (Å²) < 4.78 is 5.65. The predicted octanol–water partition coefficient (Wildman–Crippen LogP) is 0.263. The van der Waals surface area contributed by atoms with Gasteiger partial charge in [0.2, 0.25) is 5.91 Å². The van der Waals surface area contributed by atoms with Gasteiger partial charge in [0.1, 0.15) is 0 Å². The maximum absolute atomic E-state index is 11.5. The minimum atomic E-state index is 0.0137. The van der Waals surface area contributed by atoms with Gasteiger partial charge in [0, 0.05) is 24.5 Å². The fourth-order valence-corrected chi connectivity index (χ4v) is 2.46. The van der Waals surface area contributed by atoms with E-state index in [4.69, 9.17) is 10.5 Å². The van der Waals surface area contributed by atoms with Crippen molar-refractivity contribution < 1.29 is 9.53 Å². The number of rotatable bonds is 2. The molecule has 1 aliphatic carbocycles. The van der Waals surface area contributed by atoms with E-state index in [0.29, 0.717) is 5.92 Å². The molecule has 1 amide bonds. The van der Waals surface area contributed by atoms with Gasteiger partial charge in [-0.1, -0.05) is 13.8 Å². The summed E-state index contributed by atoms with van der Waals surface area (Å²) in [5.74, 6) is 0.541. The Morgan fingerprint density at radius 1 is 1.53 bits per heavy atom. The highest BCUT2D eigenvalue weighted by molar-refractivity contribution is 5.78. The van der Waals surface area contributed by atoms with E-state index in [1.54, 1.807) is 0 Å². The van der Waals surface area contributed by atoms with Crippen molar-refractivity contribution in [1.29, 1.82) is 0 Å². The first-order chi connectivity index (χ1) is 7.11. The van der Waals surface area contributed by atoms with E-state index in [-0.39, 0.29) is 30.0 Å². The second kappa shape index (κ2) is 4.10. The number of carbonyl (C=O) groups excluding carboxylic acids is 1. The summed E-state index contributed by atoms with van der Waals surface area (Å²) in [7, 11) is 0. The number of amides is 1. The summed E-state index contributed by atoms with van der Waals surface area (Å²) in [5.41, 5.74) is 6.03. The van der Waals surface area contributed by atoms with Crippen LogP contribution in [0.1, 0.15) is 26.7 Å². The molecule has 15 heavy (non-hydrogen) atoms. The highest BCUT2D eigenvalue weighted by atomic mass is 16.5. The van der Waals surface area contributed by atoms with Crippen molar-refractivity contribution in [3.8, 4) is 0 Å². The fraction of sp³-hybridized carbons (Fsp3) is 0.909. The zero-order chi connectivity index (χ0) is 11.0. The van der Waals surface area contributed by atoms with Crippen LogP contribution in [-0.2, 0) is 9.53 Å². The first-order valence-corrected chi connectivity index (χ1v) is 5.79. The maximum atomic E-state index is 11.5. The zero-order valence-corrected chi connectivity index (χ0v) is 9.40. The van der Waals surface area contributed by atoms with Gasteiger partial charge in [-0.25, -0.2) is 0 Å². The summed E-state index contributed by atoms with van der Waals surface area (Å²) in [4.78, 5) is 11.5. The summed E-state index contributed by atoms with van der Waals surface area (Å²) >= 11 is 0. The Labute approximate surface area is 90.5 Å².